The zero-order valence-corrected chi connectivity index (χ0v) is 15.5. The van der Waals surface area contributed by atoms with E-state index in [1.54, 1.807) is 24.3 Å². The first kappa shape index (κ1) is 18.1. The number of benzene rings is 1. The Balaban J connectivity index is 1.78. The molecule has 0 aliphatic carbocycles. The maximum absolute atomic E-state index is 12.7. The van der Waals surface area contributed by atoms with Gasteiger partial charge in [-0.1, -0.05) is 13.0 Å². The summed E-state index contributed by atoms with van der Waals surface area (Å²) < 4.78 is 32.0. The third-order valence-electron chi connectivity index (χ3n) is 3.93. The molecule has 8 heteroatoms. The van der Waals surface area contributed by atoms with Crippen molar-refractivity contribution in [3.8, 4) is 0 Å². The number of carbonyl (C=O) groups is 1. The topological polar surface area (TPSA) is 75.7 Å². The normalized spacial score (nSPS) is 15.9. The van der Waals surface area contributed by atoms with Gasteiger partial charge in [-0.05, 0) is 36.8 Å². The number of aryl methyl sites for hydroxylation is 1. The molecule has 1 amide bonds. The first-order chi connectivity index (χ1) is 12.0. The van der Waals surface area contributed by atoms with E-state index in [4.69, 9.17) is 4.74 Å². The summed E-state index contributed by atoms with van der Waals surface area (Å²) in [5.74, 6) is -0.231. The van der Waals surface area contributed by atoms with Crippen LogP contribution in [-0.4, -0.2) is 44.9 Å². The van der Waals surface area contributed by atoms with Gasteiger partial charge in [0, 0.05) is 23.7 Å². The van der Waals surface area contributed by atoms with Crippen LogP contribution in [0.2, 0.25) is 0 Å². The van der Waals surface area contributed by atoms with E-state index in [2.05, 4.69) is 5.32 Å². The average molecular weight is 380 g/mol. The maximum Gasteiger partial charge on any atom is 0.265 e. The fourth-order valence-electron chi connectivity index (χ4n) is 2.55. The van der Waals surface area contributed by atoms with Crippen LogP contribution in [0.3, 0.4) is 0 Å². The number of carbonyl (C=O) groups excluding carboxylic acids is 1. The Morgan fingerprint density at radius 3 is 2.68 bits per heavy atom. The quantitative estimate of drug-likeness (QED) is 0.865. The molecule has 3 rings (SSSR count). The lowest BCUT2D eigenvalue weighted by Gasteiger charge is -2.26. The van der Waals surface area contributed by atoms with Crippen molar-refractivity contribution in [1.82, 2.24) is 4.31 Å². The van der Waals surface area contributed by atoms with Crippen LogP contribution in [0.25, 0.3) is 0 Å². The van der Waals surface area contributed by atoms with Crippen LogP contribution in [0.1, 0.15) is 21.5 Å². The van der Waals surface area contributed by atoms with Crippen molar-refractivity contribution in [2.75, 3.05) is 31.6 Å². The second-order valence-corrected chi connectivity index (χ2v) is 8.72. The van der Waals surface area contributed by atoms with Crippen molar-refractivity contribution < 1.29 is 17.9 Å². The third kappa shape index (κ3) is 4.09. The molecular weight excluding hydrogens is 360 g/mol. The zero-order valence-electron chi connectivity index (χ0n) is 13.9. The molecule has 134 valence electrons. The lowest BCUT2D eigenvalue weighted by molar-refractivity contribution is 0.0730. The van der Waals surface area contributed by atoms with Gasteiger partial charge in [-0.3, -0.25) is 4.79 Å². The van der Waals surface area contributed by atoms with Gasteiger partial charge >= 0.3 is 0 Å². The molecule has 1 fully saturated rings. The fraction of sp³-hybridized carbons (Fsp3) is 0.353. The molecule has 0 unspecified atom stereocenters. The highest BCUT2D eigenvalue weighted by molar-refractivity contribution is 7.89. The molecule has 1 aliphatic heterocycles. The Kier molecular flexibility index (Phi) is 5.53. The monoisotopic (exact) mass is 380 g/mol. The Morgan fingerprint density at radius 2 is 2.00 bits per heavy atom. The van der Waals surface area contributed by atoms with Crippen molar-refractivity contribution in [2.24, 2.45) is 0 Å². The largest absolute Gasteiger partial charge is 0.379 e. The van der Waals surface area contributed by atoms with Crippen molar-refractivity contribution >= 4 is 33.0 Å². The fourth-order valence-corrected chi connectivity index (χ4v) is 4.85. The summed E-state index contributed by atoms with van der Waals surface area (Å²) >= 11 is 1.44. The van der Waals surface area contributed by atoms with Crippen LogP contribution in [0.4, 0.5) is 5.69 Å². The lowest BCUT2D eigenvalue weighted by Crippen LogP contribution is -2.40. The van der Waals surface area contributed by atoms with Gasteiger partial charge in [0.2, 0.25) is 10.0 Å². The molecular formula is C17H20N2O4S2. The molecule has 6 nitrogen and oxygen atoms in total. The van der Waals surface area contributed by atoms with Crippen molar-refractivity contribution in [3.63, 3.8) is 0 Å². The van der Waals surface area contributed by atoms with Gasteiger partial charge in [0.1, 0.15) is 0 Å². The van der Waals surface area contributed by atoms with E-state index in [1.807, 2.05) is 13.0 Å². The minimum Gasteiger partial charge on any atom is -0.379 e. The molecule has 0 saturated carbocycles. The van der Waals surface area contributed by atoms with E-state index in [0.717, 1.165) is 11.3 Å². The number of nitrogens with one attached hydrogen (secondary N) is 1. The van der Waals surface area contributed by atoms with Gasteiger partial charge in [-0.25, -0.2) is 8.42 Å². The van der Waals surface area contributed by atoms with Crippen LogP contribution in [-0.2, 0) is 21.2 Å². The standard InChI is InChI=1S/C17H20N2O4S2/c1-2-14-6-7-16(24-14)17(20)18-13-4-3-5-15(12-13)25(21,22)19-8-10-23-11-9-19/h3-7,12H,2,8-11H2,1H3,(H,18,20). The van der Waals surface area contributed by atoms with E-state index in [1.165, 1.54) is 21.7 Å². The Hall–Kier alpha value is -1.74. The number of sulfonamides is 1. The van der Waals surface area contributed by atoms with E-state index >= 15 is 0 Å². The number of ether oxygens (including phenoxy) is 1. The van der Waals surface area contributed by atoms with E-state index < -0.39 is 10.0 Å². The molecule has 2 aromatic rings. The molecule has 0 bridgehead atoms. The average Bonchev–Trinajstić information content (AvgIpc) is 3.12. The maximum atomic E-state index is 12.7. The van der Waals surface area contributed by atoms with Crippen molar-refractivity contribution in [2.45, 2.75) is 18.2 Å². The van der Waals surface area contributed by atoms with Gasteiger partial charge in [-0.2, -0.15) is 4.31 Å². The molecule has 1 aliphatic rings. The highest BCUT2D eigenvalue weighted by atomic mass is 32.2. The van der Waals surface area contributed by atoms with E-state index in [-0.39, 0.29) is 10.8 Å². The Morgan fingerprint density at radius 1 is 1.24 bits per heavy atom. The summed E-state index contributed by atoms with van der Waals surface area (Å²) in [6, 6.07) is 10.1. The summed E-state index contributed by atoms with van der Waals surface area (Å²) in [6.07, 6.45) is 0.880. The zero-order chi connectivity index (χ0) is 17.9. The molecule has 1 aromatic heterocycles. The molecule has 0 radical (unpaired) electrons. The second kappa shape index (κ2) is 7.65. The van der Waals surface area contributed by atoms with Crippen molar-refractivity contribution in [1.29, 1.82) is 0 Å². The Labute approximate surface area is 151 Å². The molecule has 25 heavy (non-hydrogen) atoms. The number of thiophene rings is 1. The summed E-state index contributed by atoms with van der Waals surface area (Å²) in [7, 11) is -3.58. The number of amides is 1. The summed E-state index contributed by atoms with van der Waals surface area (Å²) in [6.45, 7) is 3.51. The van der Waals surface area contributed by atoms with Crippen LogP contribution in [0.5, 0.6) is 0 Å². The highest BCUT2D eigenvalue weighted by Crippen LogP contribution is 2.22. The van der Waals surface area contributed by atoms with Gasteiger partial charge < -0.3 is 10.1 Å². The molecule has 0 atom stereocenters. The molecule has 0 spiro atoms. The summed E-state index contributed by atoms with van der Waals surface area (Å²) in [4.78, 5) is 14.2. The number of hydrogen-bond acceptors (Lipinski definition) is 5. The smallest absolute Gasteiger partial charge is 0.265 e. The minimum absolute atomic E-state index is 0.174. The SMILES string of the molecule is CCc1ccc(C(=O)Nc2cccc(S(=O)(=O)N3CCOCC3)c2)s1. The number of nitrogens with zero attached hydrogens (tertiary/aromatic N) is 1. The molecule has 1 aromatic carbocycles. The number of morpholine rings is 1. The van der Waals surface area contributed by atoms with Crippen LogP contribution in [0.15, 0.2) is 41.3 Å². The molecule has 2 heterocycles. The lowest BCUT2D eigenvalue weighted by atomic mass is 10.3. The summed E-state index contributed by atoms with van der Waals surface area (Å²) in [5.41, 5.74) is 0.464. The van der Waals surface area contributed by atoms with Gasteiger partial charge in [0.15, 0.2) is 0 Å². The molecule has 1 saturated heterocycles. The van der Waals surface area contributed by atoms with Gasteiger partial charge in [0.25, 0.3) is 5.91 Å². The second-order valence-electron chi connectivity index (χ2n) is 5.62. The first-order valence-electron chi connectivity index (χ1n) is 8.08. The minimum atomic E-state index is -3.58. The van der Waals surface area contributed by atoms with E-state index in [9.17, 15) is 13.2 Å². The number of anilines is 1. The molecule has 1 N–H and O–H groups in total. The Bertz CT molecular complexity index is 855. The predicted molar refractivity (Wildman–Crippen MR) is 97.7 cm³/mol. The van der Waals surface area contributed by atoms with Gasteiger partial charge in [-0.15, -0.1) is 11.3 Å². The van der Waals surface area contributed by atoms with Crippen LogP contribution in [0, 0.1) is 0 Å². The van der Waals surface area contributed by atoms with Gasteiger partial charge in [0.05, 0.1) is 23.0 Å². The van der Waals surface area contributed by atoms with Crippen molar-refractivity contribution in [3.05, 3.63) is 46.2 Å². The van der Waals surface area contributed by atoms with Crippen LogP contribution >= 0.6 is 11.3 Å². The van der Waals surface area contributed by atoms with Crippen LogP contribution < -0.4 is 5.32 Å². The van der Waals surface area contributed by atoms with E-state index in [0.29, 0.717) is 36.9 Å². The third-order valence-corrected chi connectivity index (χ3v) is 7.06. The first-order valence-corrected chi connectivity index (χ1v) is 10.3. The number of hydrogen-bond donors (Lipinski definition) is 1. The number of rotatable bonds is 5. The summed E-state index contributed by atoms with van der Waals surface area (Å²) in [5, 5.41) is 2.77. The highest BCUT2D eigenvalue weighted by Gasteiger charge is 2.26. The predicted octanol–water partition coefficient (Wildman–Crippen LogP) is 2.58.